The highest BCUT2D eigenvalue weighted by Crippen LogP contribution is 2.20. The van der Waals surface area contributed by atoms with E-state index in [0.717, 1.165) is 24.3 Å². The largest absolute Gasteiger partial charge is 0.378 e. The van der Waals surface area contributed by atoms with E-state index in [1.165, 1.54) is 0 Å². The van der Waals surface area contributed by atoms with Crippen molar-refractivity contribution in [2.24, 2.45) is 0 Å². The number of rotatable bonds is 3. The number of nitrogens with one attached hydrogen (secondary N) is 1. The maximum atomic E-state index is 11.8. The molecular formula is C13H19N3O. The number of carbonyl (C=O) groups excluding carboxylic acids is 1. The van der Waals surface area contributed by atoms with E-state index in [0.29, 0.717) is 0 Å². The van der Waals surface area contributed by atoms with Crippen LogP contribution in [0.5, 0.6) is 0 Å². The topological polar surface area (TPSA) is 35.6 Å². The summed E-state index contributed by atoms with van der Waals surface area (Å²) in [5.74, 6) is 0.181. The molecule has 4 nitrogen and oxygen atoms in total. The minimum Gasteiger partial charge on any atom is -0.378 e. The highest BCUT2D eigenvalue weighted by molar-refractivity contribution is 5.86. The maximum Gasteiger partial charge on any atom is 0.244 e. The van der Waals surface area contributed by atoms with Gasteiger partial charge in [-0.25, -0.2) is 0 Å². The fourth-order valence-corrected chi connectivity index (χ4v) is 2.03. The number of benzene rings is 1. The van der Waals surface area contributed by atoms with Crippen molar-refractivity contribution in [2.75, 3.05) is 37.9 Å². The summed E-state index contributed by atoms with van der Waals surface area (Å²) in [6, 6.07) is 8.04. The standard InChI is InChI=1S/C13H19N3O/c1-15(2)11-6-4-5-10(9-11)14-12-7-8-16(3)13(12)17/h4-6,9,12,14H,7-8H2,1-3H3. The summed E-state index contributed by atoms with van der Waals surface area (Å²) in [6.45, 7) is 0.837. The zero-order valence-corrected chi connectivity index (χ0v) is 10.6. The minimum absolute atomic E-state index is 0.0718. The van der Waals surface area contributed by atoms with Gasteiger partial charge in [0.25, 0.3) is 0 Å². The van der Waals surface area contributed by atoms with E-state index in [1.807, 2.05) is 44.2 Å². The Balaban J connectivity index is 2.09. The number of likely N-dealkylation sites (N-methyl/N-ethyl adjacent to an activating group) is 1. The van der Waals surface area contributed by atoms with Crippen molar-refractivity contribution in [3.63, 3.8) is 0 Å². The van der Waals surface area contributed by atoms with E-state index in [4.69, 9.17) is 0 Å². The first-order valence-electron chi connectivity index (χ1n) is 5.87. The number of anilines is 2. The number of likely N-dealkylation sites (tertiary alicyclic amines) is 1. The SMILES string of the molecule is CN1CCC(Nc2cccc(N(C)C)c2)C1=O. The summed E-state index contributed by atoms with van der Waals surface area (Å²) >= 11 is 0. The van der Waals surface area contributed by atoms with E-state index in [9.17, 15) is 4.79 Å². The van der Waals surface area contributed by atoms with Gasteiger partial charge < -0.3 is 15.1 Å². The molecule has 1 N–H and O–H groups in total. The maximum absolute atomic E-state index is 11.8. The molecule has 1 atom stereocenters. The molecule has 0 spiro atoms. The molecule has 1 heterocycles. The van der Waals surface area contributed by atoms with Gasteiger partial charge >= 0.3 is 0 Å². The monoisotopic (exact) mass is 233 g/mol. The number of carbonyl (C=O) groups is 1. The van der Waals surface area contributed by atoms with E-state index < -0.39 is 0 Å². The predicted molar refractivity (Wildman–Crippen MR) is 70.4 cm³/mol. The fraction of sp³-hybridized carbons (Fsp3) is 0.462. The van der Waals surface area contributed by atoms with Gasteiger partial charge in [0.05, 0.1) is 0 Å². The summed E-state index contributed by atoms with van der Waals surface area (Å²) in [4.78, 5) is 15.6. The third kappa shape index (κ3) is 2.52. The molecule has 1 aliphatic rings. The van der Waals surface area contributed by atoms with Gasteiger partial charge in [0.1, 0.15) is 6.04 Å². The zero-order valence-electron chi connectivity index (χ0n) is 10.6. The number of hydrogen-bond donors (Lipinski definition) is 1. The first-order chi connectivity index (χ1) is 8.08. The molecule has 1 unspecified atom stereocenters. The average molecular weight is 233 g/mol. The second-order valence-corrected chi connectivity index (χ2v) is 4.69. The third-order valence-electron chi connectivity index (χ3n) is 3.13. The summed E-state index contributed by atoms with van der Waals surface area (Å²) in [5.41, 5.74) is 2.14. The molecule has 17 heavy (non-hydrogen) atoms. The van der Waals surface area contributed by atoms with Crippen LogP contribution in [0.1, 0.15) is 6.42 Å². The Labute approximate surface area is 102 Å². The smallest absolute Gasteiger partial charge is 0.244 e. The first-order valence-corrected chi connectivity index (χ1v) is 5.87. The fourth-order valence-electron chi connectivity index (χ4n) is 2.03. The molecule has 0 saturated carbocycles. The van der Waals surface area contributed by atoms with E-state index in [1.54, 1.807) is 4.90 Å². The third-order valence-corrected chi connectivity index (χ3v) is 3.13. The van der Waals surface area contributed by atoms with Crippen LogP contribution in [-0.4, -0.2) is 44.5 Å². The predicted octanol–water partition coefficient (Wildman–Crippen LogP) is 1.40. The summed E-state index contributed by atoms with van der Waals surface area (Å²) in [5, 5.41) is 3.30. The molecule has 0 radical (unpaired) electrons. The molecule has 1 saturated heterocycles. The number of amides is 1. The minimum atomic E-state index is -0.0718. The quantitative estimate of drug-likeness (QED) is 0.857. The Hall–Kier alpha value is -1.71. The lowest BCUT2D eigenvalue weighted by molar-refractivity contribution is -0.127. The molecule has 1 amide bonds. The average Bonchev–Trinajstić information content (AvgIpc) is 2.61. The van der Waals surface area contributed by atoms with Crippen molar-refractivity contribution in [2.45, 2.75) is 12.5 Å². The number of nitrogens with zero attached hydrogens (tertiary/aromatic N) is 2. The van der Waals surface area contributed by atoms with Crippen LogP contribution in [0.4, 0.5) is 11.4 Å². The van der Waals surface area contributed by atoms with Gasteiger partial charge in [-0.2, -0.15) is 0 Å². The van der Waals surface area contributed by atoms with Crippen LogP contribution in [0.3, 0.4) is 0 Å². The van der Waals surface area contributed by atoms with Crippen molar-refractivity contribution < 1.29 is 4.79 Å². The van der Waals surface area contributed by atoms with Crippen LogP contribution in [0.15, 0.2) is 24.3 Å². The van der Waals surface area contributed by atoms with Crippen LogP contribution in [-0.2, 0) is 4.79 Å². The molecule has 2 rings (SSSR count). The highest BCUT2D eigenvalue weighted by atomic mass is 16.2. The van der Waals surface area contributed by atoms with E-state index in [2.05, 4.69) is 11.4 Å². The van der Waals surface area contributed by atoms with Gasteiger partial charge in [0, 0.05) is 39.1 Å². The molecule has 0 bridgehead atoms. The summed E-state index contributed by atoms with van der Waals surface area (Å²) in [6.07, 6.45) is 0.877. The summed E-state index contributed by atoms with van der Waals surface area (Å²) < 4.78 is 0. The molecule has 0 aliphatic carbocycles. The van der Waals surface area contributed by atoms with Gasteiger partial charge in [0.2, 0.25) is 5.91 Å². The Kier molecular flexibility index (Phi) is 3.22. The first kappa shape index (κ1) is 11.8. The van der Waals surface area contributed by atoms with Crippen molar-refractivity contribution >= 4 is 17.3 Å². The Morgan fingerprint density at radius 3 is 2.76 bits per heavy atom. The molecular weight excluding hydrogens is 214 g/mol. The normalized spacial score (nSPS) is 19.6. The van der Waals surface area contributed by atoms with Gasteiger partial charge in [-0.15, -0.1) is 0 Å². The van der Waals surface area contributed by atoms with Crippen LogP contribution >= 0.6 is 0 Å². The summed E-state index contributed by atoms with van der Waals surface area (Å²) in [7, 11) is 5.86. The molecule has 1 aliphatic heterocycles. The van der Waals surface area contributed by atoms with Gasteiger partial charge in [-0.1, -0.05) is 6.07 Å². The van der Waals surface area contributed by atoms with Crippen LogP contribution < -0.4 is 10.2 Å². The molecule has 1 aromatic rings. The van der Waals surface area contributed by atoms with E-state index in [-0.39, 0.29) is 11.9 Å². The van der Waals surface area contributed by atoms with Crippen molar-refractivity contribution in [3.8, 4) is 0 Å². The lowest BCUT2D eigenvalue weighted by atomic mass is 10.2. The van der Waals surface area contributed by atoms with Crippen LogP contribution in [0.25, 0.3) is 0 Å². The molecule has 92 valence electrons. The lowest BCUT2D eigenvalue weighted by Crippen LogP contribution is -2.30. The molecule has 0 aromatic heterocycles. The van der Waals surface area contributed by atoms with Crippen molar-refractivity contribution in [1.82, 2.24) is 4.90 Å². The van der Waals surface area contributed by atoms with Gasteiger partial charge in [-0.05, 0) is 24.6 Å². The van der Waals surface area contributed by atoms with Crippen LogP contribution in [0.2, 0.25) is 0 Å². The van der Waals surface area contributed by atoms with E-state index >= 15 is 0 Å². The molecule has 1 fully saturated rings. The van der Waals surface area contributed by atoms with Gasteiger partial charge in [0.15, 0.2) is 0 Å². The Morgan fingerprint density at radius 2 is 2.18 bits per heavy atom. The second-order valence-electron chi connectivity index (χ2n) is 4.69. The van der Waals surface area contributed by atoms with Crippen LogP contribution in [0, 0.1) is 0 Å². The zero-order chi connectivity index (χ0) is 12.4. The number of hydrogen-bond acceptors (Lipinski definition) is 3. The van der Waals surface area contributed by atoms with Crippen molar-refractivity contribution in [3.05, 3.63) is 24.3 Å². The lowest BCUT2D eigenvalue weighted by Gasteiger charge is -2.17. The Morgan fingerprint density at radius 1 is 1.41 bits per heavy atom. The molecule has 1 aromatic carbocycles. The van der Waals surface area contributed by atoms with Crippen molar-refractivity contribution in [1.29, 1.82) is 0 Å². The molecule has 4 heteroatoms. The highest BCUT2D eigenvalue weighted by Gasteiger charge is 2.28. The van der Waals surface area contributed by atoms with Gasteiger partial charge in [-0.3, -0.25) is 4.79 Å². The Bertz CT molecular complexity index is 417. The second kappa shape index (κ2) is 4.65.